The molecule has 35 heavy (non-hydrogen) atoms. The van der Waals surface area contributed by atoms with E-state index in [1.807, 2.05) is 48.7 Å². The third kappa shape index (κ3) is 4.87. The van der Waals surface area contributed by atoms with E-state index in [-0.39, 0.29) is 5.91 Å². The van der Waals surface area contributed by atoms with Crippen molar-refractivity contribution in [2.75, 3.05) is 5.32 Å². The first-order valence-corrected chi connectivity index (χ1v) is 13.1. The minimum atomic E-state index is -0.0185. The largest absolute Gasteiger partial charge is 0.322 e. The second-order valence-corrected chi connectivity index (χ2v) is 10.4. The van der Waals surface area contributed by atoms with Gasteiger partial charge in [-0.1, -0.05) is 48.0 Å². The molecule has 2 aromatic carbocycles. The molecule has 1 N–H and O–H groups in total. The SMILES string of the molecule is Cc1ccc(NC(=O)c2c(-n3c(C)cc(C=NCc4ccccc4)c3C)sc3c2CCCC3)cc1. The summed E-state index contributed by atoms with van der Waals surface area (Å²) >= 11 is 1.78. The summed E-state index contributed by atoms with van der Waals surface area (Å²) < 4.78 is 2.25. The van der Waals surface area contributed by atoms with Gasteiger partial charge in [0.05, 0.1) is 12.1 Å². The van der Waals surface area contributed by atoms with Crippen LogP contribution in [0.25, 0.3) is 5.00 Å². The molecule has 0 saturated carbocycles. The van der Waals surface area contributed by atoms with E-state index >= 15 is 0 Å². The molecule has 1 aliphatic carbocycles. The average molecular weight is 482 g/mol. The fraction of sp³-hybridized carbons (Fsp3) is 0.267. The van der Waals surface area contributed by atoms with Crippen LogP contribution in [0, 0.1) is 20.8 Å². The molecule has 0 spiro atoms. The number of hydrogen-bond donors (Lipinski definition) is 1. The Labute approximate surface area is 211 Å². The number of anilines is 1. The number of hydrogen-bond acceptors (Lipinski definition) is 3. The molecule has 2 aromatic heterocycles. The molecule has 0 radical (unpaired) electrons. The molecule has 1 aliphatic rings. The number of benzene rings is 2. The Hall–Kier alpha value is -3.44. The van der Waals surface area contributed by atoms with Gasteiger partial charge in [0.25, 0.3) is 5.91 Å². The van der Waals surface area contributed by atoms with Crippen LogP contribution >= 0.6 is 11.3 Å². The fourth-order valence-corrected chi connectivity index (χ4v) is 6.33. The average Bonchev–Trinajstić information content (AvgIpc) is 3.37. The van der Waals surface area contributed by atoms with Crippen molar-refractivity contribution >= 4 is 29.1 Å². The van der Waals surface area contributed by atoms with Gasteiger partial charge in [0.1, 0.15) is 5.00 Å². The second-order valence-electron chi connectivity index (χ2n) is 9.33. The Kier molecular flexibility index (Phi) is 6.69. The first kappa shape index (κ1) is 23.3. The lowest BCUT2D eigenvalue weighted by molar-refractivity contribution is 0.102. The van der Waals surface area contributed by atoms with E-state index in [2.05, 4.69) is 48.9 Å². The van der Waals surface area contributed by atoms with Crippen LogP contribution in [0.4, 0.5) is 5.69 Å². The summed E-state index contributed by atoms with van der Waals surface area (Å²) in [7, 11) is 0. The maximum absolute atomic E-state index is 13.6. The zero-order chi connectivity index (χ0) is 24.4. The highest BCUT2D eigenvalue weighted by molar-refractivity contribution is 7.15. The van der Waals surface area contributed by atoms with Crippen LogP contribution in [0.3, 0.4) is 0 Å². The molecule has 4 nitrogen and oxygen atoms in total. The topological polar surface area (TPSA) is 46.4 Å². The normalized spacial score (nSPS) is 13.2. The predicted molar refractivity (Wildman–Crippen MR) is 147 cm³/mol. The lowest BCUT2D eigenvalue weighted by Crippen LogP contribution is -2.17. The monoisotopic (exact) mass is 481 g/mol. The molecule has 5 heteroatoms. The van der Waals surface area contributed by atoms with E-state index in [0.717, 1.165) is 52.5 Å². The van der Waals surface area contributed by atoms with Gasteiger partial charge in [-0.05, 0) is 75.8 Å². The Morgan fingerprint density at radius 3 is 2.54 bits per heavy atom. The summed E-state index contributed by atoms with van der Waals surface area (Å²) in [5, 5.41) is 4.19. The van der Waals surface area contributed by atoms with Crippen LogP contribution < -0.4 is 5.32 Å². The van der Waals surface area contributed by atoms with E-state index in [0.29, 0.717) is 6.54 Å². The summed E-state index contributed by atoms with van der Waals surface area (Å²) in [4.78, 5) is 19.7. The van der Waals surface area contributed by atoms with Crippen molar-refractivity contribution in [3.8, 4) is 5.00 Å². The number of thiophene rings is 1. The molecular formula is C30H31N3OS. The minimum Gasteiger partial charge on any atom is -0.322 e. The van der Waals surface area contributed by atoms with Crippen molar-refractivity contribution in [3.05, 3.63) is 105 Å². The molecule has 0 saturated heterocycles. The molecule has 0 bridgehead atoms. The number of fused-ring (bicyclic) bond motifs is 1. The van der Waals surface area contributed by atoms with Crippen LogP contribution in [-0.2, 0) is 19.4 Å². The summed E-state index contributed by atoms with van der Waals surface area (Å²) in [5.41, 5.74) is 8.59. The van der Waals surface area contributed by atoms with Crippen molar-refractivity contribution in [2.24, 2.45) is 4.99 Å². The molecule has 0 aliphatic heterocycles. The smallest absolute Gasteiger partial charge is 0.258 e. The molecule has 0 fully saturated rings. The first-order valence-electron chi connectivity index (χ1n) is 12.3. The molecule has 5 rings (SSSR count). The number of aryl methyl sites for hydroxylation is 3. The highest BCUT2D eigenvalue weighted by Gasteiger charge is 2.28. The maximum atomic E-state index is 13.6. The van der Waals surface area contributed by atoms with Crippen LogP contribution in [-0.4, -0.2) is 16.7 Å². The van der Waals surface area contributed by atoms with Crippen molar-refractivity contribution in [3.63, 3.8) is 0 Å². The van der Waals surface area contributed by atoms with Crippen LogP contribution in [0.5, 0.6) is 0 Å². The van der Waals surface area contributed by atoms with Gasteiger partial charge in [-0.25, -0.2) is 0 Å². The molecule has 1 amide bonds. The minimum absolute atomic E-state index is 0.0185. The van der Waals surface area contributed by atoms with Crippen molar-refractivity contribution in [1.82, 2.24) is 4.57 Å². The van der Waals surface area contributed by atoms with Gasteiger partial charge in [0.2, 0.25) is 0 Å². The van der Waals surface area contributed by atoms with Crippen molar-refractivity contribution in [2.45, 2.75) is 53.0 Å². The van der Waals surface area contributed by atoms with Gasteiger partial charge in [0.15, 0.2) is 0 Å². The zero-order valence-corrected chi connectivity index (χ0v) is 21.4. The summed E-state index contributed by atoms with van der Waals surface area (Å²) in [6.07, 6.45) is 6.30. The molecule has 178 valence electrons. The van der Waals surface area contributed by atoms with Crippen LogP contribution in [0.15, 0.2) is 65.7 Å². The third-order valence-corrected chi connectivity index (χ3v) is 7.99. The standard InChI is InChI=1S/C30H31N3OS/c1-20-13-15-25(16-14-20)32-29(34)28-26-11-7-8-12-27(26)35-30(28)33-21(2)17-24(22(33)3)19-31-18-23-9-5-4-6-10-23/h4-6,9-10,13-17,19H,7-8,11-12,18H2,1-3H3,(H,32,34). The Bertz CT molecular complexity index is 1380. The van der Waals surface area contributed by atoms with Gasteiger partial charge >= 0.3 is 0 Å². The summed E-state index contributed by atoms with van der Waals surface area (Å²) in [6, 6.07) is 20.5. The van der Waals surface area contributed by atoms with Crippen LogP contribution in [0.1, 0.15) is 61.7 Å². The van der Waals surface area contributed by atoms with Crippen molar-refractivity contribution in [1.29, 1.82) is 0 Å². The molecular weight excluding hydrogens is 450 g/mol. The second kappa shape index (κ2) is 10.0. The number of amides is 1. The Balaban J connectivity index is 1.50. The molecule has 2 heterocycles. The van der Waals surface area contributed by atoms with E-state index in [1.54, 1.807) is 11.3 Å². The quantitative estimate of drug-likeness (QED) is 0.291. The lowest BCUT2D eigenvalue weighted by atomic mass is 9.95. The highest BCUT2D eigenvalue weighted by Crippen LogP contribution is 2.39. The van der Waals surface area contributed by atoms with E-state index in [1.165, 1.54) is 28.0 Å². The van der Waals surface area contributed by atoms with Gasteiger partial charge in [-0.3, -0.25) is 9.79 Å². The Morgan fingerprint density at radius 2 is 1.77 bits per heavy atom. The molecule has 0 atom stereocenters. The van der Waals surface area contributed by atoms with E-state index in [4.69, 9.17) is 4.99 Å². The third-order valence-electron chi connectivity index (χ3n) is 6.71. The first-order chi connectivity index (χ1) is 17.0. The Morgan fingerprint density at radius 1 is 1.03 bits per heavy atom. The number of nitrogens with zero attached hydrogens (tertiary/aromatic N) is 2. The van der Waals surface area contributed by atoms with E-state index < -0.39 is 0 Å². The van der Waals surface area contributed by atoms with Gasteiger partial charge < -0.3 is 9.88 Å². The van der Waals surface area contributed by atoms with Gasteiger partial charge in [-0.15, -0.1) is 11.3 Å². The molecule has 0 unspecified atom stereocenters. The number of aromatic nitrogens is 1. The number of carbonyl (C=O) groups is 1. The fourth-order valence-electron chi connectivity index (χ4n) is 4.84. The molecule has 4 aromatic rings. The summed E-state index contributed by atoms with van der Waals surface area (Å²) in [6.45, 7) is 6.94. The zero-order valence-electron chi connectivity index (χ0n) is 20.6. The highest BCUT2D eigenvalue weighted by atomic mass is 32.1. The number of carbonyl (C=O) groups excluding carboxylic acids is 1. The number of rotatable bonds is 6. The van der Waals surface area contributed by atoms with E-state index in [9.17, 15) is 4.79 Å². The summed E-state index contributed by atoms with van der Waals surface area (Å²) in [5.74, 6) is -0.0185. The van der Waals surface area contributed by atoms with Gasteiger partial charge in [-0.2, -0.15) is 0 Å². The number of nitrogens with one attached hydrogen (secondary N) is 1. The predicted octanol–water partition coefficient (Wildman–Crippen LogP) is 7.21. The number of aliphatic imine (C=N–C) groups is 1. The maximum Gasteiger partial charge on any atom is 0.258 e. The van der Waals surface area contributed by atoms with Crippen molar-refractivity contribution < 1.29 is 4.79 Å². The van der Waals surface area contributed by atoms with Gasteiger partial charge in [0, 0.05) is 33.7 Å². The van der Waals surface area contributed by atoms with Crippen LogP contribution in [0.2, 0.25) is 0 Å². The lowest BCUT2D eigenvalue weighted by Gasteiger charge is -2.14.